The predicted octanol–water partition coefficient (Wildman–Crippen LogP) is 3.14. The lowest BCUT2D eigenvalue weighted by Crippen LogP contribution is -2.24. The SMILES string of the molecule is CNC(=O)COc1ccc2c(=O)cc(-c3ccc4ncccc4c3)oc2c1OC. The van der Waals surface area contributed by atoms with E-state index in [1.165, 1.54) is 20.2 Å². The quantitative estimate of drug-likeness (QED) is 0.563. The fraction of sp³-hybridized carbons (Fsp3) is 0.136. The van der Waals surface area contributed by atoms with Gasteiger partial charge in [-0.3, -0.25) is 14.6 Å². The number of nitrogens with zero attached hydrogens (tertiary/aromatic N) is 1. The Kier molecular flexibility index (Phi) is 4.87. The van der Waals surface area contributed by atoms with Crippen LogP contribution in [0.2, 0.25) is 0 Å². The van der Waals surface area contributed by atoms with Crippen molar-refractivity contribution in [3.63, 3.8) is 0 Å². The number of methoxy groups -OCH3 is 1. The van der Waals surface area contributed by atoms with Gasteiger partial charge in [0.1, 0.15) is 5.76 Å². The van der Waals surface area contributed by atoms with Gasteiger partial charge >= 0.3 is 0 Å². The summed E-state index contributed by atoms with van der Waals surface area (Å²) in [7, 11) is 2.98. The van der Waals surface area contributed by atoms with Crippen molar-refractivity contribution in [1.82, 2.24) is 10.3 Å². The Bertz CT molecular complexity index is 1280. The molecule has 7 heteroatoms. The number of benzene rings is 2. The molecule has 0 spiro atoms. The number of carbonyl (C=O) groups is 1. The molecule has 1 N–H and O–H groups in total. The zero-order valence-corrected chi connectivity index (χ0v) is 15.9. The molecule has 4 aromatic rings. The van der Waals surface area contributed by atoms with Crippen molar-refractivity contribution in [1.29, 1.82) is 0 Å². The number of amides is 1. The van der Waals surface area contributed by atoms with Gasteiger partial charge in [-0.25, -0.2) is 0 Å². The molecule has 0 aliphatic heterocycles. The average molecular weight is 390 g/mol. The van der Waals surface area contributed by atoms with E-state index in [1.807, 2.05) is 30.3 Å². The maximum atomic E-state index is 12.7. The zero-order valence-electron chi connectivity index (χ0n) is 15.9. The molecule has 0 aliphatic rings. The molecule has 2 heterocycles. The highest BCUT2D eigenvalue weighted by atomic mass is 16.5. The number of fused-ring (bicyclic) bond motifs is 2. The minimum absolute atomic E-state index is 0.181. The summed E-state index contributed by atoms with van der Waals surface area (Å²) >= 11 is 0. The Morgan fingerprint density at radius 1 is 1.17 bits per heavy atom. The van der Waals surface area contributed by atoms with Crippen molar-refractivity contribution < 1.29 is 18.7 Å². The first-order valence-electron chi connectivity index (χ1n) is 8.94. The molecule has 2 aromatic carbocycles. The van der Waals surface area contributed by atoms with Crippen molar-refractivity contribution in [2.45, 2.75) is 0 Å². The number of hydrogen-bond acceptors (Lipinski definition) is 6. The molecule has 1 amide bonds. The molecule has 2 aromatic heterocycles. The molecule has 0 fully saturated rings. The predicted molar refractivity (Wildman–Crippen MR) is 109 cm³/mol. The largest absolute Gasteiger partial charge is 0.490 e. The topological polar surface area (TPSA) is 90.7 Å². The van der Waals surface area contributed by atoms with Crippen molar-refractivity contribution >= 4 is 27.8 Å². The summed E-state index contributed by atoms with van der Waals surface area (Å²) < 4.78 is 17.0. The second kappa shape index (κ2) is 7.63. The summed E-state index contributed by atoms with van der Waals surface area (Å²) in [6, 6.07) is 14.0. The van der Waals surface area contributed by atoms with Gasteiger partial charge in [0, 0.05) is 30.3 Å². The third-order valence-electron chi connectivity index (χ3n) is 4.54. The van der Waals surface area contributed by atoms with Crippen LogP contribution in [0.3, 0.4) is 0 Å². The number of aromatic nitrogens is 1. The number of rotatable bonds is 5. The van der Waals surface area contributed by atoms with E-state index < -0.39 is 0 Å². The fourth-order valence-corrected chi connectivity index (χ4v) is 3.07. The van der Waals surface area contributed by atoms with E-state index in [0.29, 0.717) is 16.9 Å². The summed E-state index contributed by atoms with van der Waals surface area (Å²) in [5, 5.41) is 3.78. The maximum absolute atomic E-state index is 12.7. The standard InChI is InChI=1S/C22H18N2O5/c1-23-20(26)12-28-18-8-6-15-17(25)11-19(29-21(15)22(18)27-2)14-5-7-16-13(10-14)4-3-9-24-16/h3-11H,12H2,1-2H3,(H,23,26). The van der Waals surface area contributed by atoms with Crippen LogP contribution in [0.25, 0.3) is 33.2 Å². The van der Waals surface area contributed by atoms with E-state index in [2.05, 4.69) is 10.3 Å². The Morgan fingerprint density at radius 3 is 2.83 bits per heavy atom. The maximum Gasteiger partial charge on any atom is 0.257 e. The first-order chi connectivity index (χ1) is 14.1. The first-order valence-corrected chi connectivity index (χ1v) is 8.94. The molecule has 4 rings (SSSR count). The third kappa shape index (κ3) is 3.50. The fourth-order valence-electron chi connectivity index (χ4n) is 3.07. The van der Waals surface area contributed by atoms with Gasteiger partial charge in [-0.15, -0.1) is 0 Å². The summed E-state index contributed by atoms with van der Waals surface area (Å²) in [6.07, 6.45) is 1.73. The van der Waals surface area contributed by atoms with Crippen LogP contribution in [-0.2, 0) is 4.79 Å². The third-order valence-corrected chi connectivity index (χ3v) is 4.54. The number of ether oxygens (including phenoxy) is 2. The first kappa shape index (κ1) is 18.5. The minimum Gasteiger partial charge on any atom is -0.490 e. The number of likely N-dealkylation sites (N-methyl/N-ethyl adjacent to an activating group) is 1. The van der Waals surface area contributed by atoms with Crippen molar-refractivity contribution in [3.8, 4) is 22.8 Å². The van der Waals surface area contributed by atoms with Crippen LogP contribution >= 0.6 is 0 Å². The zero-order chi connectivity index (χ0) is 20.4. The van der Waals surface area contributed by atoms with Crippen LogP contribution in [0.4, 0.5) is 0 Å². The van der Waals surface area contributed by atoms with Crippen LogP contribution in [0.15, 0.2) is 63.9 Å². The Hall–Kier alpha value is -3.87. The Labute approximate surface area is 165 Å². The summed E-state index contributed by atoms with van der Waals surface area (Å²) in [5.41, 5.74) is 1.64. The van der Waals surface area contributed by atoms with Crippen LogP contribution in [-0.4, -0.2) is 31.7 Å². The van der Waals surface area contributed by atoms with Crippen molar-refractivity contribution in [2.24, 2.45) is 0 Å². The van der Waals surface area contributed by atoms with Gasteiger partial charge in [-0.1, -0.05) is 6.07 Å². The highest BCUT2D eigenvalue weighted by Gasteiger charge is 2.17. The van der Waals surface area contributed by atoms with Crippen LogP contribution < -0.4 is 20.2 Å². The molecule has 0 radical (unpaired) electrons. The lowest BCUT2D eigenvalue weighted by Gasteiger charge is -2.12. The van der Waals surface area contributed by atoms with Gasteiger partial charge in [0.15, 0.2) is 23.4 Å². The molecule has 0 unspecified atom stereocenters. The molecule has 146 valence electrons. The monoisotopic (exact) mass is 390 g/mol. The number of hydrogen-bond donors (Lipinski definition) is 1. The van der Waals surface area contributed by atoms with Crippen LogP contribution in [0.1, 0.15) is 0 Å². The van der Waals surface area contributed by atoms with Crippen LogP contribution in [0.5, 0.6) is 11.5 Å². The van der Waals surface area contributed by atoms with E-state index in [9.17, 15) is 9.59 Å². The smallest absolute Gasteiger partial charge is 0.257 e. The van der Waals surface area contributed by atoms with Gasteiger partial charge in [0.2, 0.25) is 5.75 Å². The normalized spacial score (nSPS) is 10.8. The Morgan fingerprint density at radius 2 is 2.03 bits per heavy atom. The molecule has 0 bridgehead atoms. The van der Waals surface area contributed by atoms with Crippen LogP contribution in [0, 0.1) is 0 Å². The van der Waals surface area contributed by atoms with Crippen molar-refractivity contribution in [3.05, 3.63) is 65.0 Å². The molecule has 7 nitrogen and oxygen atoms in total. The van der Waals surface area contributed by atoms with E-state index >= 15 is 0 Å². The molecular formula is C22H18N2O5. The minimum atomic E-state index is -0.285. The molecule has 0 saturated heterocycles. The lowest BCUT2D eigenvalue weighted by atomic mass is 10.1. The Balaban J connectivity index is 1.85. The summed E-state index contributed by atoms with van der Waals surface area (Å²) in [6.45, 7) is -0.181. The van der Waals surface area contributed by atoms with Gasteiger partial charge in [0.05, 0.1) is 18.0 Å². The van der Waals surface area contributed by atoms with E-state index in [0.717, 1.165) is 16.5 Å². The average Bonchev–Trinajstić information content (AvgIpc) is 2.76. The molecule has 0 saturated carbocycles. The molecule has 0 atom stereocenters. The molecule has 0 aliphatic carbocycles. The summed E-state index contributed by atoms with van der Waals surface area (Å²) in [4.78, 5) is 28.5. The van der Waals surface area contributed by atoms with E-state index in [-0.39, 0.29) is 29.3 Å². The second-order valence-corrected chi connectivity index (χ2v) is 6.32. The highest BCUT2D eigenvalue weighted by Crippen LogP contribution is 2.36. The molecule has 29 heavy (non-hydrogen) atoms. The number of pyridine rings is 1. The van der Waals surface area contributed by atoms with Gasteiger partial charge in [0.25, 0.3) is 5.91 Å². The lowest BCUT2D eigenvalue weighted by molar-refractivity contribution is -0.122. The summed E-state index contributed by atoms with van der Waals surface area (Å²) in [5.74, 6) is 0.682. The van der Waals surface area contributed by atoms with E-state index in [4.69, 9.17) is 13.9 Å². The van der Waals surface area contributed by atoms with Gasteiger partial charge in [-0.2, -0.15) is 0 Å². The number of carbonyl (C=O) groups excluding carboxylic acids is 1. The van der Waals surface area contributed by atoms with Crippen molar-refractivity contribution in [2.75, 3.05) is 20.8 Å². The number of nitrogens with one attached hydrogen (secondary N) is 1. The molecular weight excluding hydrogens is 372 g/mol. The highest BCUT2D eigenvalue weighted by molar-refractivity contribution is 5.88. The van der Waals surface area contributed by atoms with E-state index in [1.54, 1.807) is 18.3 Å². The second-order valence-electron chi connectivity index (χ2n) is 6.32. The van der Waals surface area contributed by atoms with Gasteiger partial charge < -0.3 is 19.2 Å². The van der Waals surface area contributed by atoms with Gasteiger partial charge in [-0.05, 0) is 36.4 Å².